The first-order chi connectivity index (χ1) is 10.6. The zero-order valence-corrected chi connectivity index (χ0v) is 13.2. The topological polar surface area (TPSA) is 83.8 Å². The Labute approximate surface area is 132 Å². The first-order valence-corrected chi connectivity index (χ1v) is 7.65. The Hall–Kier alpha value is -2.41. The van der Waals surface area contributed by atoms with Crippen molar-refractivity contribution in [1.29, 1.82) is 0 Å². The number of phenolic OH excluding ortho intramolecular Hbond substituents is 1. The number of rotatable bonds is 6. The summed E-state index contributed by atoms with van der Waals surface area (Å²) >= 11 is 1.36. The van der Waals surface area contributed by atoms with Crippen molar-refractivity contribution in [2.24, 2.45) is 5.10 Å². The molecule has 1 aromatic carbocycles. The van der Waals surface area contributed by atoms with Crippen LogP contribution in [0.3, 0.4) is 0 Å². The van der Waals surface area contributed by atoms with Gasteiger partial charge in [-0.1, -0.05) is 12.1 Å². The minimum absolute atomic E-state index is 0.154. The van der Waals surface area contributed by atoms with Crippen molar-refractivity contribution < 1.29 is 14.6 Å². The number of phenols is 1. The number of carbonyl (C=O) groups is 1. The molecule has 116 valence electrons. The fourth-order valence-corrected chi connectivity index (χ4v) is 2.33. The Morgan fingerprint density at radius 3 is 3.09 bits per heavy atom. The molecule has 0 radical (unpaired) electrons. The number of esters is 1. The highest BCUT2D eigenvalue weighted by atomic mass is 32.1. The predicted octanol–water partition coefficient (Wildman–Crippen LogP) is 2.71. The van der Waals surface area contributed by atoms with Gasteiger partial charge >= 0.3 is 5.97 Å². The van der Waals surface area contributed by atoms with E-state index in [1.807, 2.05) is 19.1 Å². The molecule has 2 aromatic rings. The van der Waals surface area contributed by atoms with E-state index in [0.717, 1.165) is 11.1 Å². The summed E-state index contributed by atoms with van der Waals surface area (Å²) in [6.45, 7) is 3.96. The van der Waals surface area contributed by atoms with E-state index < -0.39 is 0 Å². The van der Waals surface area contributed by atoms with E-state index in [0.29, 0.717) is 17.4 Å². The Bertz CT molecular complexity index is 682. The second kappa shape index (κ2) is 7.56. The number of hydrogen-bond acceptors (Lipinski definition) is 7. The van der Waals surface area contributed by atoms with E-state index in [9.17, 15) is 9.90 Å². The average Bonchev–Trinajstić information content (AvgIpc) is 2.90. The zero-order chi connectivity index (χ0) is 15.9. The third-order valence-corrected chi connectivity index (χ3v) is 3.59. The van der Waals surface area contributed by atoms with Crippen LogP contribution in [0.5, 0.6) is 5.75 Å². The van der Waals surface area contributed by atoms with Gasteiger partial charge in [0.25, 0.3) is 0 Å². The molecular weight excluding hydrogens is 302 g/mol. The van der Waals surface area contributed by atoms with Crippen LogP contribution < -0.4 is 5.43 Å². The Morgan fingerprint density at radius 1 is 1.55 bits per heavy atom. The van der Waals surface area contributed by atoms with Gasteiger partial charge in [0.1, 0.15) is 5.75 Å². The second-order valence-electron chi connectivity index (χ2n) is 4.54. The molecule has 1 aromatic heterocycles. The van der Waals surface area contributed by atoms with Gasteiger partial charge in [0.2, 0.25) is 5.13 Å². The van der Waals surface area contributed by atoms with Gasteiger partial charge in [-0.15, -0.1) is 11.3 Å². The van der Waals surface area contributed by atoms with Crippen LogP contribution in [0.15, 0.2) is 28.7 Å². The van der Waals surface area contributed by atoms with E-state index in [1.54, 1.807) is 24.6 Å². The lowest BCUT2D eigenvalue weighted by atomic mass is 10.1. The van der Waals surface area contributed by atoms with Crippen molar-refractivity contribution in [2.45, 2.75) is 20.3 Å². The van der Waals surface area contributed by atoms with Crippen molar-refractivity contribution in [3.05, 3.63) is 40.4 Å². The zero-order valence-electron chi connectivity index (χ0n) is 12.4. The Morgan fingerprint density at radius 2 is 2.36 bits per heavy atom. The van der Waals surface area contributed by atoms with Crippen LogP contribution in [0.25, 0.3) is 0 Å². The summed E-state index contributed by atoms with van der Waals surface area (Å²) in [6.07, 6.45) is 1.74. The van der Waals surface area contributed by atoms with Crippen molar-refractivity contribution in [3.8, 4) is 5.75 Å². The molecule has 0 aliphatic carbocycles. The summed E-state index contributed by atoms with van der Waals surface area (Å²) in [5.41, 5.74) is 5.03. The Kier molecular flexibility index (Phi) is 5.48. The second-order valence-corrected chi connectivity index (χ2v) is 5.40. The maximum absolute atomic E-state index is 11.3. The number of aromatic nitrogens is 1. The fraction of sp³-hybridized carbons (Fsp3) is 0.267. The fourth-order valence-electron chi connectivity index (χ4n) is 1.67. The number of hydrazone groups is 1. The van der Waals surface area contributed by atoms with Crippen molar-refractivity contribution in [2.75, 3.05) is 12.0 Å². The largest absolute Gasteiger partial charge is 0.508 e. The van der Waals surface area contributed by atoms with E-state index in [4.69, 9.17) is 4.74 Å². The standard InChI is InChI=1S/C15H17N3O3S/c1-3-21-14(20)7-12-9-22-15(17-12)18-16-8-11-5-4-10(2)13(19)6-11/h4-6,8-9,19H,3,7H2,1-2H3,(H,17,18). The molecule has 22 heavy (non-hydrogen) atoms. The number of aromatic hydroxyl groups is 1. The van der Waals surface area contributed by atoms with Gasteiger partial charge in [0.15, 0.2) is 0 Å². The lowest BCUT2D eigenvalue weighted by Crippen LogP contribution is -2.07. The molecule has 1 heterocycles. The van der Waals surface area contributed by atoms with Gasteiger partial charge in [0.05, 0.1) is 24.9 Å². The SMILES string of the molecule is CCOC(=O)Cc1csc(NN=Cc2ccc(C)c(O)c2)n1. The van der Waals surface area contributed by atoms with E-state index in [2.05, 4.69) is 15.5 Å². The molecule has 2 N–H and O–H groups in total. The predicted molar refractivity (Wildman–Crippen MR) is 86.5 cm³/mol. The highest BCUT2D eigenvalue weighted by Crippen LogP contribution is 2.17. The molecule has 0 bridgehead atoms. The minimum Gasteiger partial charge on any atom is -0.508 e. The van der Waals surface area contributed by atoms with Crippen molar-refractivity contribution in [1.82, 2.24) is 4.98 Å². The van der Waals surface area contributed by atoms with Gasteiger partial charge < -0.3 is 9.84 Å². The highest BCUT2D eigenvalue weighted by molar-refractivity contribution is 7.13. The van der Waals surface area contributed by atoms with E-state index in [1.165, 1.54) is 11.3 Å². The first kappa shape index (κ1) is 16.0. The average molecular weight is 319 g/mol. The van der Waals surface area contributed by atoms with Gasteiger partial charge in [-0.2, -0.15) is 5.10 Å². The maximum atomic E-state index is 11.3. The van der Waals surface area contributed by atoms with Crippen molar-refractivity contribution >= 4 is 28.7 Å². The molecule has 6 nitrogen and oxygen atoms in total. The van der Waals surface area contributed by atoms with Crippen LogP contribution >= 0.6 is 11.3 Å². The number of hydrogen-bond donors (Lipinski definition) is 2. The number of nitrogens with zero attached hydrogens (tertiary/aromatic N) is 2. The van der Waals surface area contributed by atoms with Crippen molar-refractivity contribution in [3.63, 3.8) is 0 Å². The van der Waals surface area contributed by atoms with Crippen LogP contribution in [-0.2, 0) is 16.0 Å². The molecule has 0 atom stereocenters. The third kappa shape index (κ3) is 4.56. The van der Waals surface area contributed by atoms with Gasteiger partial charge in [-0.25, -0.2) is 4.98 Å². The lowest BCUT2D eigenvalue weighted by molar-refractivity contribution is -0.142. The molecule has 0 aliphatic heterocycles. The molecule has 2 rings (SSSR count). The number of thiazole rings is 1. The number of anilines is 1. The van der Waals surface area contributed by atoms with Crippen LogP contribution in [0, 0.1) is 6.92 Å². The normalized spacial score (nSPS) is 10.8. The molecule has 0 amide bonds. The number of aryl methyl sites for hydroxylation is 1. The minimum atomic E-state index is -0.294. The number of ether oxygens (including phenoxy) is 1. The summed E-state index contributed by atoms with van der Waals surface area (Å²) in [5.74, 6) is -0.0621. The van der Waals surface area contributed by atoms with Crippen LogP contribution in [0.4, 0.5) is 5.13 Å². The molecule has 0 saturated carbocycles. The summed E-state index contributed by atoms with van der Waals surface area (Å²) in [4.78, 5) is 15.6. The van der Waals surface area contributed by atoms with Crippen LogP contribution in [0.2, 0.25) is 0 Å². The maximum Gasteiger partial charge on any atom is 0.311 e. The molecule has 0 fully saturated rings. The smallest absolute Gasteiger partial charge is 0.311 e. The molecule has 0 aliphatic rings. The molecular formula is C15H17N3O3S. The summed E-state index contributed by atoms with van der Waals surface area (Å²) < 4.78 is 4.87. The van der Waals surface area contributed by atoms with Crippen LogP contribution in [0.1, 0.15) is 23.7 Å². The van der Waals surface area contributed by atoms with E-state index >= 15 is 0 Å². The highest BCUT2D eigenvalue weighted by Gasteiger charge is 2.07. The molecule has 0 saturated heterocycles. The quantitative estimate of drug-likeness (QED) is 0.486. The summed E-state index contributed by atoms with van der Waals surface area (Å²) in [6, 6.07) is 5.31. The van der Waals surface area contributed by atoms with E-state index in [-0.39, 0.29) is 18.1 Å². The molecule has 0 spiro atoms. The van der Waals surface area contributed by atoms with Gasteiger partial charge in [0, 0.05) is 5.38 Å². The van der Waals surface area contributed by atoms with Gasteiger partial charge in [-0.05, 0) is 31.0 Å². The number of carbonyl (C=O) groups excluding carboxylic acids is 1. The summed E-state index contributed by atoms with van der Waals surface area (Å²) in [7, 11) is 0. The number of benzene rings is 1. The number of nitrogens with one attached hydrogen (secondary N) is 1. The Balaban J connectivity index is 1.91. The first-order valence-electron chi connectivity index (χ1n) is 6.77. The molecule has 0 unspecified atom stereocenters. The third-order valence-electron chi connectivity index (χ3n) is 2.79. The summed E-state index contributed by atoms with van der Waals surface area (Å²) in [5, 5.41) is 16.0. The van der Waals surface area contributed by atoms with Gasteiger partial charge in [-0.3, -0.25) is 10.2 Å². The molecule has 7 heteroatoms. The lowest BCUT2D eigenvalue weighted by Gasteiger charge is -1.99. The van der Waals surface area contributed by atoms with Crippen LogP contribution in [-0.4, -0.2) is 28.9 Å². The monoisotopic (exact) mass is 319 g/mol.